The zero-order chi connectivity index (χ0) is 13.7. The predicted molar refractivity (Wildman–Crippen MR) is 58.2 cm³/mol. The van der Waals surface area contributed by atoms with Crippen LogP contribution in [0.25, 0.3) is 0 Å². The Kier molecular flexibility index (Phi) is 1.62. The number of halogens is 2. The summed E-state index contributed by atoms with van der Waals surface area (Å²) in [6.07, 6.45) is -4.06. The van der Waals surface area contributed by atoms with E-state index in [9.17, 15) is 4.79 Å². The van der Waals surface area contributed by atoms with E-state index in [1.165, 1.54) is 12.1 Å². The van der Waals surface area contributed by atoms with Gasteiger partial charge >= 0.3 is 0 Å². The van der Waals surface area contributed by atoms with Crippen molar-refractivity contribution in [2.75, 3.05) is 11.2 Å². The maximum absolute atomic E-state index is 11.4. The molecular formula is C10H9Cl2NO. The zero-order valence-corrected chi connectivity index (χ0v) is 8.54. The number of carbonyl (C=O) groups is 1. The van der Waals surface area contributed by atoms with Crippen LogP contribution >= 0.6 is 23.2 Å². The number of amides is 1. The quantitative estimate of drug-likeness (QED) is 0.783. The van der Waals surface area contributed by atoms with Gasteiger partial charge in [0.1, 0.15) is 0 Å². The minimum Gasteiger partial charge on any atom is -0.325 e. The van der Waals surface area contributed by atoms with Gasteiger partial charge in [0, 0.05) is 22.1 Å². The van der Waals surface area contributed by atoms with Crippen molar-refractivity contribution in [1.29, 1.82) is 0 Å². The second-order valence-corrected chi connectivity index (χ2v) is 3.44. The van der Waals surface area contributed by atoms with Gasteiger partial charge in [-0.1, -0.05) is 17.7 Å². The summed E-state index contributed by atoms with van der Waals surface area (Å²) in [4.78, 5) is 11.4. The smallest absolute Gasteiger partial charge is 0.228 e. The molecule has 0 aliphatic carbocycles. The van der Waals surface area contributed by atoms with Gasteiger partial charge in [-0.15, -0.1) is 11.6 Å². The van der Waals surface area contributed by atoms with E-state index < -0.39 is 18.7 Å². The van der Waals surface area contributed by atoms with Crippen molar-refractivity contribution >= 4 is 34.8 Å². The lowest BCUT2D eigenvalue weighted by Crippen LogP contribution is -2.03. The van der Waals surface area contributed by atoms with Gasteiger partial charge in [-0.05, 0) is 23.6 Å². The zero-order valence-electron chi connectivity index (χ0n) is 11.0. The molecule has 2 rings (SSSR count). The van der Waals surface area contributed by atoms with Crippen molar-refractivity contribution in [3.63, 3.8) is 0 Å². The van der Waals surface area contributed by atoms with Gasteiger partial charge in [0.25, 0.3) is 0 Å². The standard InChI is InChI=1S/C10H9Cl2NO/c11-2-1-6-3-7-4-10(14)13-9(7)5-8(6)12/h3,5H,1-2,4H2,(H,13,14)/i1D2,4D2. The number of hydrogen-bond donors (Lipinski definition) is 1. The second-order valence-electron chi connectivity index (χ2n) is 2.77. The first-order chi connectivity index (χ1) is 8.20. The van der Waals surface area contributed by atoms with Crippen molar-refractivity contribution < 1.29 is 10.3 Å². The SMILES string of the molecule is [2H]C([2H])(CCl)c1cc2c(cc1Cl)NC(=O)C2([2H])[2H]. The average molecular weight is 234 g/mol. The summed E-state index contributed by atoms with van der Waals surface area (Å²) in [5.41, 5.74) is 0.434. The highest BCUT2D eigenvalue weighted by Crippen LogP contribution is 2.29. The van der Waals surface area contributed by atoms with Gasteiger partial charge in [0.2, 0.25) is 5.91 Å². The highest BCUT2D eigenvalue weighted by molar-refractivity contribution is 6.32. The predicted octanol–water partition coefficient (Wildman–Crippen LogP) is 2.62. The van der Waals surface area contributed by atoms with E-state index in [4.69, 9.17) is 28.7 Å². The molecule has 0 fully saturated rings. The Labute approximate surface area is 97.8 Å². The lowest BCUT2D eigenvalue weighted by molar-refractivity contribution is -0.115. The van der Waals surface area contributed by atoms with Crippen LogP contribution in [0.2, 0.25) is 5.02 Å². The van der Waals surface area contributed by atoms with E-state index in [0.29, 0.717) is 0 Å². The van der Waals surface area contributed by atoms with E-state index in [-0.39, 0.29) is 27.7 Å². The molecule has 0 aromatic heterocycles. The fourth-order valence-corrected chi connectivity index (χ4v) is 1.64. The summed E-state index contributed by atoms with van der Waals surface area (Å²) in [5, 5.41) is 2.48. The Bertz CT molecular complexity index is 533. The number of aryl methyl sites for hydroxylation is 1. The topological polar surface area (TPSA) is 29.1 Å². The molecule has 0 saturated heterocycles. The van der Waals surface area contributed by atoms with Crippen LogP contribution in [0, 0.1) is 0 Å². The number of hydrogen-bond acceptors (Lipinski definition) is 1. The molecule has 0 unspecified atom stereocenters. The van der Waals surface area contributed by atoms with Gasteiger partial charge in [-0.2, -0.15) is 0 Å². The third kappa shape index (κ3) is 1.72. The molecule has 1 aliphatic rings. The summed E-state index contributed by atoms with van der Waals surface area (Å²) in [7, 11) is 0. The number of carbonyl (C=O) groups excluding carboxylic acids is 1. The molecule has 74 valence electrons. The van der Waals surface area contributed by atoms with Gasteiger partial charge < -0.3 is 5.32 Å². The molecule has 4 heteroatoms. The third-order valence-electron chi connectivity index (χ3n) is 1.86. The minimum atomic E-state index is -2.18. The number of nitrogens with one attached hydrogen (secondary N) is 1. The largest absolute Gasteiger partial charge is 0.325 e. The van der Waals surface area contributed by atoms with Gasteiger partial charge in [0.15, 0.2) is 0 Å². The molecule has 0 spiro atoms. The molecule has 0 atom stereocenters. The molecule has 14 heavy (non-hydrogen) atoms. The molecule has 2 nitrogen and oxygen atoms in total. The Hall–Kier alpha value is -0.730. The van der Waals surface area contributed by atoms with E-state index in [1.807, 2.05) is 0 Å². The first-order valence-electron chi connectivity index (χ1n) is 5.92. The number of benzene rings is 1. The first kappa shape index (κ1) is 5.99. The maximum Gasteiger partial charge on any atom is 0.228 e. The van der Waals surface area contributed by atoms with Crippen LogP contribution < -0.4 is 5.32 Å². The maximum atomic E-state index is 11.4. The molecule has 1 amide bonds. The Morgan fingerprint density at radius 2 is 2.43 bits per heavy atom. The number of anilines is 1. The average Bonchev–Trinajstić information content (AvgIpc) is 2.48. The van der Waals surface area contributed by atoms with Crippen LogP contribution in [0.5, 0.6) is 0 Å². The summed E-state index contributed by atoms with van der Waals surface area (Å²) >= 11 is 11.5. The minimum absolute atomic E-state index is 0.0818. The molecule has 1 aromatic rings. The molecule has 0 radical (unpaired) electrons. The summed E-state index contributed by atoms with van der Waals surface area (Å²) in [6, 6.07) is 2.61. The normalized spacial score (nSPS) is 22.9. The van der Waals surface area contributed by atoms with Crippen molar-refractivity contribution in [2.24, 2.45) is 0 Å². The molecule has 0 bridgehead atoms. The molecule has 1 aromatic carbocycles. The van der Waals surface area contributed by atoms with Gasteiger partial charge in [-0.3, -0.25) is 4.79 Å². The lowest BCUT2D eigenvalue weighted by Gasteiger charge is -2.05. The summed E-state index contributed by atoms with van der Waals surface area (Å²) < 4.78 is 30.8. The van der Waals surface area contributed by atoms with E-state index in [2.05, 4.69) is 5.32 Å². The van der Waals surface area contributed by atoms with Gasteiger partial charge in [0.05, 0.1) is 6.37 Å². The van der Waals surface area contributed by atoms with E-state index >= 15 is 0 Å². The van der Waals surface area contributed by atoms with Crippen LogP contribution in [0.4, 0.5) is 5.69 Å². The fourth-order valence-electron chi connectivity index (χ4n) is 1.26. The molecular weight excluding hydrogens is 221 g/mol. The van der Waals surface area contributed by atoms with Gasteiger partial charge in [-0.25, -0.2) is 0 Å². The van der Waals surface area contributed by atoms with E-state index in [0.717, 1.165) is 0 Å². The highest BCUT2D eigenvalue weighted by atomic mass is 35.5. The summed E-state index contributed by atoms with van der Waals surface area (Å²) in [6.45, 7) is 0. The lowest BCUT2D eigenvalue weighted by atomic mass is 10.1. The first-order valence-corrected chi connectivity index (χ1v) is 4.83. The van der Waals surface area contributed by atoms with Crippen LogP contribution in [-0.4, -0.2) is 11.8 Å². The number of fused-ring (bicyclic) bond motifs is 1. The Balaban J connectivity index is 2.63. The Morgan fingerprint density at radius 1 is 1.64 bits per heavy atom. The number of alkyl halides is 1. The van der Waals surface area contributed by atoms with Crippen LogP contribution in [0.1, 0.15) is 16.6 Å². The van der Waals surface area contributed by atoms with Crippen molar-refractivity contribution in [3.05, 3.63) is 28.3 Å². The van der Waals surface area contributed by atoms with E-state index in [1.54, 1.807) is 0 Å². The molecule has 1 aliphatic heterocycles. The van der Waals surface area contributed by atoms with Crippen LogP contribution in [0.15, 0.2) is 12.1 Å². The van der Waals surface area contributed by atoms with Crippen molar-refractivity contribution in [3.8, 4) is 0 Å². The summed E-state index contributed by atoms with van der Waals surface area (Å²) in [5.74, 6) is -1.09. The van der Waals surface area contributed by atoms with Crippen LogP contribution in [0.3, 0.4) is 0 Å². The fraction of sp³-hybridized carbons (Fsp3) is 0.300. The molecule has 0 saturated carbocycles. The Morgan fingerprint density at radius 3 is 3.14 bits per heavy atom. The second kappa shape index (κ2) is 3.79. The van der Waals surface area contributed by atoms with Crippen molar-refractivity contribution in [1.82, 2.24) is 0 Å². The monoisotopic (exact) mass is 233 g/mol. The molecule has 1 N–H and O–H groups in total. The molecule has 1 heterocycles. The third-order valence-corrected chi connectivity index (χ3v) is 2.31. The van der Waals surface area contributed by atoms with Crippen LogP contribution in [-0.2, 0) is 17.5 Å². The highest BCUT2D eigenvalue weighted by Gasteiger charge is 2.19. The van der Waals surface area contributed by atoms with Crippen molar-refractivity contribution in [2.45, 2.75) is 12.7 Å². The number of rotatable bonds is 2.